The normalized spacial score (nSPS) is 11.5. The summed E-state index contributed by atoms with van der Waals surface area (Å²) in [5.74, 6) is 0. The quantitative estimate of drug-likeness (QED) is 0.577. The first-order valence-electron chi connectivity index (χ1n) is 4.19. The van der Waals surface area contributed by atoms with Gasteiger partial charge in [-0.25, -0.2) is 0 Å². The molecule has 0 atom stereocenters. The first-order valence-corrected chi connectivity index (χ1v) is 4.96. The fourth-order valence-electron chi connectivity index (χ4n) is 1.63. The zero-order valence-corrected chi connectivity index (χ0v) is 7.98. The lowest BCUT2D eigenvalue weighted by Gasteiger charge is -1.85. The topological polar surface area (TPSA) is 28.7 Å². The number of aromatic nitrogens is 2. The Kier molecular flexibility index (Phi) is 1.27. The molecule has 0 aliphatic carbocycles. The van der Waals surface area contributed by atoms with Crippen molar-refractivity contribution >= 4 is 32.7 Å². The minimum Gasteiger partial charge on any atom is -0.352 e. The van der Waals surface area contributed by atoms with Gasteiger partial charge in [0, 0.05) is 10.9 Å². The van der Waals surface area contributed by atoms with Crippen molar-refractivity contribution in [2.75, 3.05) is 0 Å². The molecule has 3 aromatic rings. The van der Waals surface area contributed by atoms with Crippen LogP contribution in [0.3, 0.4) is 0 Å². The number of para-hydroxylation sites is 1. The Morgan fingerprint density at radius 3 is 3.08 bits per heavy atom. The van der Waals surface area contributed by atoms with Gasteiger partial charge in [0.25, 0.3) is 0 Å². The van der Waals surface area contributed by atoms with Crippen molar-refractivity contribution in [1.29, 1.82) is 0 Å². The molecule has 2 aromatic heterocycles. The highest BCUT2D eigenvalue weighted by Crippen LogP contribution is 2.29. The highest BCUT2D eigenvalue weighted by molar-refractivity contribution is 7.14. The molecule has 0 spiro atoms. The van der Waals surface area contributed by atoms with Crippen LogP contribution in [0.15, 0.2) is 24.3 Å². The third-order valence-corrected chi connectivity index (χ3v) is 3.27. The van der Waals surface area contributed by atoms with Crippen molar-refractivity contribution in [3.05, 3.63) is 30.0 Å². The smallest absolute Gasteiger partial charge is 0.0809 e. The van der Waals surface area contributed by atoms with Crippen molar-refractivity contribution in [2.24, 2.45) is 0 Å². The summed E-state index contributed by atoms with van der Waals surface area (Å²) < 4.78 is 5.59. The lowest BCUT2D eigenvalue weighted by atomic mass is 10.2. The van der Waals surface area contributed by atoms with E-state index in [1.807, 2.05) is 13.0 Å². The van der Waals surface area contributed by atoms with Crippen LogP contribution in [-0.4, -0.2) is 9.36 Å². The zero-order chi connectivity index (χ0) is 8.84. The molecule has 3 rings (SSSR count). The molecule has 0 fully saturated rings. The minimum atomic E-state index is 1.09. The summed E-state index contributed by atoms with van der Waals surface area (Å²) in [6, 6.07) is 8.34. The van der Waals surface area contributed by atoms with E-state index >= 15 is 0 Å². The van der Waals surface area contributed by atoms with Crippen LogP contribution >= 0.6 is 11.5 Å². The van der Waals surface area contributed by atoms with Crippen LogP contribution in [0.1, 0.15) is 5.69 Å². The number of H-pyrrole nitrogens is 1. The number of hydrogen-bond donors (Lipinski definition) is 1. The largest absolute Gasteiger partial charge is 0.352 e. The highest BCUT2D eigenvalue weighted by Gasteiger charge is 2.07. The zero-order valence-electron chi connectivity index (χ0n) is 7.16. The Morgan fingerprint density at radius 2 is 2.15 bits per heavy atom. The summed E-state index contributed by atoms with van der Waals surface area (Å²) in [5, 5.41) is 1.28. The van der Waals surface area contributed by atoms with E-state index in [4.69, 9.17) is 0 Å². The Balaban J connectivity index is 2.64. The van der Waals surface area contributed by atoms with E-state index in [1.165, 1.54) is 21.1 Å². The van der Waals surface area contributed by atoms with Crippen molar-refractivity contribution in [1.82, 2.24) is 9.36 Å². The van der Waals surface area contributed by atoms with Crippen molar-refractivity contribution in [3.63, 3.8) is 0 Å². The summed E-state index contributed by atoms with van der Waals surface area (Å²) in [6.45, 7) is 2.04. The van der Waals surface area contributed by atoms with E-state index < -0.39 is 0 Å². The number of hydrogen-bond acceptors (Lipinski definition) is 2. The van der Waals surface area contributed by atoms with Crippen LogP contribution in [-0.2, 0) is 0 Å². The maximum Gasteiger partial charge on any atom is 0.0809 e. The number of nitrogens with zero attached hydrogens (tertiary/aromatic N) is 1. The molecule has 0 bridgehead atoms. The molecule has 1 aromatic carbocycles. The second kappa shape index (κ2) is 2.33. The van der Waals surface area contributed by atoms with Crippen LogP contribution in [0.4, 0.5) is 0 Å². The average Bonchev–Trinajstić information content (AvgIpc) is 2.67. The van der Waals surface area contributed by atoms with Gasteiger partial charge in [0.1, 0.15) is 0 Å². The molecule has 64 valence electrons. The molecule has 2 heterocycles. The molecule has 0 aliphatic heterocycles. The second-order valence-corrected chi connectivity index (χ2v) is 3.92. The molecule has 3 heteroatoms. The van der Waals surface area contributed by atoms with E-state index in [0.29, 0.717) is 0 Å². The Labute approximate surface area is 79.4 Å². The van der Waals surface area contributed by atoms with Crippen LogP contribution in [0.5, 0.6) is 0 Å². The molecule has 0 radical (unpaired) electrons. The van der Waals surface area contributed by atoms with Crippen LogP contribution in [0.2, 0.25) is 0 Å². The fourth-order valence-corrected chi connectivity index (χ4v) is 2.51. The highest BCUT2D eigenvalue weighted by atomic mass is 32.1. The molecule has 1 N–H and O–H groups in total. The molecular weight excluding hydrogens is 180 g/mol. The Bertz CT molecular complexity index is 577. The molecule has 13 heavy (non-hydrogen) atoms. The van der Waals surface area contributed by atoms with Crippen LogP contribution in [0.25, 0.3) is 21.1 Å². The van der Waals surface area contributed by atoms with Gasteiger partial charge in [-0.05, 0) is 24.5 Å². The van der Waals surface area contributed by atoms with Crippen LogP contribution in [0, 0.1) is 6.92 Å². The average molecular weight is 188 g/mol. The van der Waals surface area contributed by atoms with E-state index in [-0.39, 0.29) is 0 Å². The molecule has 0 unspecified atom stereocenters. The van der Waals surface area contributed by atoms with Gasteiger partial charge in [0.15, 0.2) is 0 Å². The maximum absolute atomic E-state index is 4.32. The molecular formula is C10H8N2S. The van der Waals surface area contributed by atoms with Gasteiger partial charge < -0.3 is 4.98 Å². The third kappa shape index (κ3) is 0.848. The summed E-state index contributed by atoms with van der Waals surface area (Å²) in [6.07, 6.45) is 0. The molecule has 0 saturated carbocycles. The van der Waals surface area contributed by atoms with E-state index in [0.717, 1.165) is 5.69 Å². The van der Waals surface area contributed by atoms with Gasteiger partial charge in [0.05, 0.1) is 15.9 Å². The number of benzene rings is 1. The lowest BCUT2D eigenvalue weighted by molar-refractivity contribution is 1.34. The monoisotopic (exact) mass is 188 g/mol. The Morgan fingerprint density at radius 1 is 1.31 bits per heavy atom. The molecule has 0 aliphatic rings. The number of aryl methyl sites for hydroxylation is 1. The fraction of sp³-hybridized carbons (Fsp3) is 0.100. The first-order chi connectivity index (χ1) is 6.36. The Hall–Kier alpha value is -1.35. The summed E-state index contributed by atoms with van der Waals surface area (Å²) in [7, 11) is 0. The summed E-state index contributed by atoms with van der Waals surface area (Å²) in [5.41, 5.74) is 3.48. The van der Waals surface area contributed by atoms with E-state index in [2.05, 4.69) is 27.6 Å². The standard InChI is InChI=1S/C10H8N2S/c1-6-9-10(13-12-6)7-4-2-3-5-8(7)11-9/h2-5,11H,1H3. The van der Waals surface area contributed by atoms with Gasteiger partial charge in [-0.1, -0.05) is 18.2 Å². The van der Waals surface area contributed by atoms with Crippen molar-refractivity contribution < 1.29 is 0 Å². The summed E-state index contributed by atoms with van der Waals surface area (Å²) in [4.78, 5) is 3.37. The SMILES string of the molecule is Cc1nsc2c1[nH]c1ccccc12. The molecule has 0 saturated heterocycles. The second-order valence-electron chi connectivity index (χ2n) is 3.14. The van der Waals surface area contributed by atoms with Gasteiger partial charge in [-0.3, -0.25) is 0 Å². The van der Waals surface area contributed by atoms with Gasteiger partial charge in [-0.2, -0.15) is 4.37 Å². The van der Waals surface area contributed by atoms with E-state index in [9.17, 15) is 0 Å². The van der Waals surface area contributed by atoms with Gasteiger partial charge in [-0.15, -0.1) is 0 Å². The minimum absolute atomic E-state index is 1.09. The van der Waals surface area contributed by atoms with E-state index in [1.54, 1.807) is 11.5 Å². The first kappa shape index (κ1) is 7.09. The van der Waals surface area contributed by atoms with Crippen molar-refractivity contribution in [3.8, 4) is 0 Å². The predicted molar refractivity (Wildman–Crippen MR) is 56.2 cm³/mol. The number of aromatic amines is 1. The van der Waals surface area contributed by atoms with Gasteiger partial charge >= 0.3 is 0 Å². The number of fused-ring (bicyclic) bond motifs is 3. The molecule has 0 amide bonds. The van der Waals surface area contributed by atoms with Crippen LogP contribution < -0.4 is 0 Å². The summed E-state index contributed by atoms with van der Waals surface area (Å²) >= 11 is 1.57. The third-order valence-electron chi connectivity index (χ3n) is 2.29. The lowest BCUT2D eigenvalue weighted by Crippen LogP contribution is -1.69. The number of rotatable bonds is 0. The maximum atomic E-state index is 4.32. The number of nitrogens with one attached hydrogen (secondary N) is 1. The van der Waals surface area contributed by atoms with Crippen molar-refractivity contribution in [2.45, 2.75) is 6.92 Å². The van der Waals surface area contributed by atoms with Gasteiger partial charge in [0.2, 0.25) is 0 Å². The predicted octanol–water partition coefficient (Wildman–Crippen LogP) is 3.09. The molecule has 2 nitrogen and oxygen atoms in total.